The summed E-state index contributed by atoms with van der Waals surface area (Å²) in [6, 6.07) is 15.1. The second-order valence-electron chi connectivity index (χ2n) is 5.38. The highest BCUT2D eigenvalue weighted by atomic mass is 32.1. The van der Waals surface area contributed by atoms with E-state index in [1.165, 1.54) is 18.3 Å². The molecule has 0 saturated heterocycles. The van der Waals surface area contributed by atoms with Gasteiger partial charge in [0.05, 0.1) is 12.6 Å². The van der Waals surface area contributed by atoms with E-state index >= 15 is 0 Å². The van der Waals surface area contributed by atoms with Crippen LogP contribution >= 0.6 is 11.3 Å². The Labute approximate surface area is 158 Å². The van der Waals surface area contributed by atoms with E-state index in [1.54, 1.807) is 36.4 Å². The zero-order valence-corrected chi connectivity index (χ0v) is 14.8. The molecule has 2 amide bonds. The average molecular weight is 381 g/mol. The van der Waals surface area contributed by atoms with Gasteiger partial charge in [-0.15, -0.1) is 10.2 Å². The predicted octanol–water partition coefficient (Wildman–Crippen LogP) is 2.19. The van der Waals surface area contributed by atoms with Crippen LogP contribution in [0.15, 0.2) is 59.7 Å². The van der Waals surface area contributed by atoms with Gasteiger partial charge >= 0.3 is 0 Å². The molecule has 27 heavy (non-hydrogen) atoms. The Balaban J connectivity index is 1.50. The summed E-state index contributed by atoms with van der Waals surface area (Å²) in [5.41, 5.74) is 3.63. The lowest BCUT2D eigenvalue weighted by Gasteiger charge is -1.99. The van der Waals surface area contributed by atoms with Gasteiger partial charge in [-0.1, -0.05) is 29.5 Å². The first-order valence-corrected chi connectivity index (χ1v) is 8.71. The number of phenols is 1. The van der Waals surface area contributed by atoms with Crippen molar-refractivity contribution >= 4 is 34.5 Å². The van der Waals surface area contributed by atoms with Gasteiger partial charge in [0, 0.05) is 5.56 Å². The number of nitrogens with one attached hydrogen (secondary N) is 2. The summed E-state index contributed by atoms with van der Waals surface area (Å²) >= 11 is 1.12. The Bertz CT molecular complexity index is 955. The standard InChI is InChI=1S/C18H15N5O3S/c24-14-8-6-12(7-9-14)11-19-21-15(25)10-16-22-23-18(27-16)20-17(26)13-4-2-1-3-5-13/h1-9,11,24H,10H2,(H,21,25)(H,20,23,26)/b19-11+. The molecule has 3 rings (SSSR count). The molecule has 0 bridgehead atoms. The number of carbonyl (C=O) groups is 2. The molecule has 0 atom stereocenters. The maximum Gasteiger partial charge on any atom is 0.257 e. The normalized spacial score (nSPS) is 10.7. The van der Waals surface area contributed by atoms with E-state index in [4.69, 9.17) is 0 Å². The number of rotatable bonds is 6. The number of amides is 2. The molecule has 0 unspecified atom stereocenters. The molecule has 0 radical (unpaired) electrons. The first-order valence-electron chi connectivity index (χ1n) is 7.90. The van der Waals surface area contributed by atoms with Crippen molar-refractivity contribution < 1.29 is 14.7 Å². The van der Waals surface area contributed by atoms with Gasteiger partial charge in [-0.05, 0) is 42.0 Å². The lowest BCUT2D eigenvalue weighted by molar-refractivity contribution is -0.120. The molecule has 0 spiro atoms. The monoisotopic (exact) mass is 381 g/mol. The maximum absolute atomic E-state index is 12.1. The highest BCUT2D eigenvalue weighted by molar-refractivity contribution is 7.15. The van der Waals surface area contributed by atoms with Crippen LogP contribution in [0.5, 0.6) is 5.75 Å². The van der Waals surface area contributed by atoms with Gasteiger partial charge in [-0.25, -0.2) is 5.43 Å². The summed E-state index contributed by atoms with van der Waals surface area (Å²) in [7, 11) is 0. The number of benzene rings is 2. The van der Waals surface area contributed by atoms with Gasteiger partial charge in [0.2, 0.25) is 11.0 Å². The molecule has 9 heteroatoms. The molecular formula is C18H15N5O3S. The summed E-state index contributed by atoms with van der Waals surface area (Å²) in [6.45, 7) is 0. The number of hydrazone groups is 1. The number of hydrogen-bond donors (Lipinski definition) is 3. The number of anilines is 1. The minimum Gasteiger partial charge on any atom is -0.508 e. The van der Waals surface area contributed by atoms with Crippen LogP contribution in [0.3, 0.4) is 0 Å². The van der Waals surface area contributed by atoms with Crippen LogP contribution in [0, 0.1) is 0 Å². The Kier molecular flexibility index (Phi) is 5.85. The van der Waals surface area contributed by atoms with E-state index in [-0.39, 0.29) is 24.0 Å². The molecular weight excluding hydrogens is 366 g/mol. The molecule has 136 valence electrons. The third-order valence-electron chi connectivity index (χ3n) is 3.33. The molecule has 1 aromatic heterocycles. The third-order valence-corrected chi connectivity index (χ3v) is 4.17. The summed E-state index contributed by atoms with van der Waals surface area (Å²) in [6.07, 6.45) is 1.45. The highest BCUT2D eigenvalue weighted by Crippen LogP contribution is 2.16. The molecule has 0 aliphatic rings. The number of aromatic hydroxyl groups is 1. The van der Waals surface area contributed by atoms with E-state index in [0.29, 0.717) is 15.7 Å². The van der Waals surface area contributed by atoms with E-state index < -0.39 is 0 Å². The summed E-state index contributed by atoms with van der Waals surface area (Å²) in [4.78, 5) is 24.0. The van der Waals surface area contributed by atoms with Gasteiger partial charge in [0.25, 0.3) is 5.91 Å². The Hall–Kier alpha value is -3.59. The van der Waals surface area contributed by atoms with Crippen molar-refractivity contribution in [3.63, 3.8) is 0 Å². The van der Waals surface area contributed by atoms with Crippen LogP contribution in [-0.2, 0) is 11.2 Å². The summed E-state index contributed by atoms with van der Waals surface area (Å²) in [5, 5.41) is 24.2. The zero-order valence-electron chi connectivity index (χ0n) is 14.0. The Morgan fingerprint density at radius 2 is 1.81 bits per heavy atom. The van der Waals surface area contributed by atoms with Gasteiger partial charge in [0.1, 0.15) is 10.8 Å². The molecule has 8 nitrogen and oxygen atoms in total. The van der Waals surface area contributed by atoms with Crippen LogP contribution in [-0.4, -0.2) is 33.3 Å². The van der Waals surface area contributed by atoms with Crippen molar-refractivity contribution in [3.05, 3.63) is 70.7 Å². The maximum atomic E-state index is 12.1. The highest BCUT2D eigenvalue weighted by Gasteiger charge is 2.12. The average Bonchev–Trinajstić information content (AvgIpc) is 3.10. The van der Waals surface area contributed by atoms with Crippen molar-refractivity contribution in [2.45, 2.75) is 6.42 Å². The fourth-order valence-corrected chi connectivity index (χ4v) is 2.78. The predicted molar refractivity (Wildman–Crippen MR) is 102 cm³/mol. The van der Waals surface area contributed by atoms with Crippen molar-refractivity contribution in [2.24, 2.45) is 5.10 Å². The zero-order chi connectivity index (χ0) is 19.1. The minimum absolute atomic E-state index is 0.00814. The lowest BCUT2D eigenvalue weighted by Crippen LogP contribution is -2.19. The van der Waals surface area contributed by atoms with E-state index in [2.05, 4.69) is 26.0 Å². The Morgan fingerprint density at radius 1 is 1.07 bits per heavy atom. The number of nitrogens with zero attached hydrogens (tertiary/aromatic N) is 3. The summed E-state index contributed by atoms with van der Waals surface area (Å²) < 4.78 is 0. The smallest absolute Gasteiger partial charge is 0.257 e. The Morgan fingerprint density at radius 3 is 2.56 bits per heavy atom. The van der Waals surface area contributed by atoms with E-state index in [1.807, 2.05) is 6.07 Å². The van der Waals surface area contributed by atoms with Gasteiger partial charge in [-0.3, -0.25) is 14.9 Å². The molecule has 0 aliphatic heterocycles. The van der Waals surface area contributed by atoms with Crippen molar-refractivity contribution in [1.29, 1.82) is 0 Å². The molecule has 3 aromatic rings. The fourth-order valence-electron chi connectivity index (χ4n) is 2.05. The second-order valence-corrected chi connectivity index (χ2v) is 6.44. The molecule has 0 aliphatic carbocycles. The van der Waals surface area contributed by atoms with Gasteiger partial charge in [-0.2, -0.15) is 5.10 Å². The number of phenolic OH excluding ortho intramolecular Hbond substituents is 1. The van der Waals surface area contributed by atoms with Crippen LogP contribution in [0.25, 0.3) is 0 Å². The SMILES string of the molecule is O=C(Cc1nnc(NC(=O)c2ccccc2)s1)N/N=C/c1ccc(O)cc1. The van der Waals surface area contributed by atoms with Crippen molar-refractivity contribution in [1.82, 2.24) is 15.6 Å². The third kappa shape index (κ3) is 5.44. The van der Waals surface area contributed by atoms with Crippen LogP contribution in [0.2, 0.25) is 0 Å². The first-order chi connectivity index (χ1) is 13.1. The quantitative estimate of drug-likeness (QED) is 0.447. The fraction of sp³-hybridized carbons (Fsp3) is 0.0556. The number of hydrogen-bond acceptors (Lipinski definition) is 7. The lowest BCUT2D eigenvalue weighted by atomic mass is 10.2. The van der Waals surface area contributed by atoms with E-state index in [0.717, 1.165) is 16.9 Å². The second kappa shape index (κ2) is 8.68. The topological polar surface area (TPSA) is 117 Å². The van der Waals surface area contributed by atoms with Crippen LogP contribution in [0.1, 0.15) is 20.9 Å². The molecule has 0 fully saturated rings. The molecule has 0 saturated carbocycles. The molecule has 1 heterocycles. The summed E-state index contributed by atoms with van der Waals surface area (Å²) in [5.74, 6) is -0.494. The largest absolute Gasteiger partial charge is 0.508 e. The van der Waals surface area contributed by atoms with Gasteiger partial charge < -0.3 is 5.11 Å². The minimum atomic E-state index is -0.359. The van der Waals surface area contributed by atoms with Crippen molar-refractivity contribution in [2.75, 3.05) is 5.32 Å². The van der Waals surface area contributed by atoms with Crippen molar-refractivity contribution in [3.8, 4) is 5.75 Å². The number of aromatic nitrogens is 2. The van der Waals surface area contributed by atoms with Gasteiger partial charge in [0.15, 0.2) is 0 Å². The van der Waals surface area contributed by atoms with E-state index in [9.17, 15) is 14.7 Å². The van der Waals surface area contributed by atoms with Crippen LogP contribution < -0.4 is 10.7 Å². The molecule has 2 aromatic carbocycles. The first kappa shape index (κ1) is 18.2. The van der Waals surface area contributed by atoms with Crippen LogP contribution in [0.4, 0.5) is 5.13 Å². The number of carbonyl (C=O) groups excluding carboxylic acids is 2. The molecule has 3 N–H and O–H groups in total.